The number of hydrogen-bond donors (Lipinski definition) is 1. The minimum atomic E-state index is -0.970. The summed E-state index contributed by atoms with van der Waals surface area (Å²) in [4.78, 5) is 20.4. The quantitative estimate of drug-likeness (QED) is 0.703. The van der Waals surface area contributed by atoms with Crippen LogP contribution in [0.15, 0.2) is 66.9 Å². The van der Waals surface area contributed by atoms with E-state index in [9.17, 15) is 9.90 Å². The van der Waals surface area contributed by atoms with Crippen molar-refractivity contribution in [1.29, 1.82) is 0 Å². The van der Waals surface area contributed by atoms with Gasteiger partial charge in [-0.1, -0.05) is 24.3 Å². The maximum atomic E-state index is 11.8. The Hall–Kier alpha value is -3.34. The van der Waals surface area contributed by atoms with Crippen molar-refractivity contribution >= 4 is 17.3 Å². The zero-order valence-corrected chi connectivity index (χ0v) is 16.6. The summed E-state index contributed by atoms with van der Waals surface area (Å²) in [6.07, 6.45) is 1.65. The first kappa shape index (κ1) is 19.4. The first-order valence-corrected chi connectivity index (χ1v) is 9.11. The molecule has 5 heteroatoms. The highest BCUT2D eigenvalue weighted by Gasteiger charge is 2.24. The van der Waals surface area contributed by atoms with Crippen molar-refractivity contribution in [3.05, 3.63) is 89.2 Å². The Morgan fingerprint density at radius 3 is 1.68 bits per heavy atom. The fourth-order valence-electron chi connectivity index (χ4n) is 3.27. The topological polar surface area (TPSA) is 56.7 Å². The molecule has 0 aliphatic heterocycles. The highest BCUT2D eigenvalue weighted by Crippen LogP contribution is 2.34. The number of carbonyl (C=O) groups is 1. The van der Waals surface area contributed by atoms with E-state index in [-0.39, 0.29) is 11.5 Å². The maximum Gasteiger partial charge on any atom is 0.337 e. The Labute approximate surface area is 165 Å². The zero-order chi connectivity index (χ0) is 20.3. The van der Waals surface area contributed by atoms with E-state index in [1.807, 2.05) is 86.5 Å². The molecule has 0 saturated heterocycles. The van der Waals surface area contributed by atoms with Gasteiger partial charge in [-0.25, -0.2) is 4.79 Å². The summed E-state index contributed by atoms with van der Waals surface area (Å²) >= 11 is 0. The molecule has 0 spiro atoms. The van der Waals surface area contributed by atoms with Crippen LogP contribution in [-0.4, -0.2) is 44.3 Å². The van der Waals surface area contributed by atoms with E-state index in [4.69, 9.17) is 0 Å². The maximum absolute atomic E-state index is 11.8. The average Bonchev–Trinajstić information content (AvgIpc) is 2.69. The minimum Gasteiger partial charge on any atom is -0.478 e. The molecule has 0 unspecified atom stereocenters. The molecule has 1 aromatic heterocycles. The predicted octanol–water partition coefficient (Wildman–Crippen LogP) is 4.09. The minimum absolute atomic E-state index is 0.223. The van der Waals surface area contributed by atoms with E-state index < -0.39 is 5.97 Å². The standard InChI is InChI=1S/C23H25N3O2/c1-25(2)18-11-7-16(8-12-18)21(17-9-13-19(14-10-17)26(3)4)22-20(23(27)28)6-5-15-24-22/h5-15,21H,1-4H3,(H,27,28). The molecule has 0 aliphatic rings. The molecule has 2 aromatic carbocycles. The molecule has 28 heavy (non-hydrogen) atoms. The molecule has 144 valence electrons. The second kappa shape index (κ2) is 8.13. The van der Waals surface area contributed by atoms with Crippen LogP contribution in [-0.2, 0) is 0 Å². The first-order valence-electron chi connectivity index (χ1n) is 9.11. The number of nitrogens with zero attached hydrogens (tertiary/aromatic N) is 3. The van der Waals surface area contributed by atoms with Crippen LogP contribution in [0, 0.1) is 0 Å². The molecule has 0 amide bonds. The van der Waals surface area contributed by atoms with E-state index >= 15 is 0 Å². The highest BCUT2D eigenvalue weighted by atomic mass is 16.4. The predicted molar refractivity (Wildman–Crippen MR) is 114 cm³/mol. The van der Waals surface area contributed by atoms with Gasteiger partial charge in [-0.2, -0.15) is 0 Å². The summed E-state index contributed by atoms with van der Waals surface area (Å²) in [5.74, 6) is -1.23. The molecule has 3 aromatic rings. The van der Waals surface area contributed by atoms with Crippen molar-refractivity contribution in [2.24, 2.45) is 0 Å². The van der Waals surface area contributed by atoms with Gasteiger partial charge in [0, 0.05) is 45.8 Å². The van der Waals surface area contributed by atoms with Gasteiger partial charge in [0.2, 0.25) is 0 Å². The molecule has 0 fully saturated rings. The third-order valence-corrected chi connectivity index (χ3v) is 4.83. The lowest BCUT2D eigenvalue weighted by atomic mass is 9.86. The number of benzene rings is 2. The Morgan fingerprint density at radius 1 is 0.821 bits per heavy atom. The van der Waals surface area contributed by atoms with Crippen LogP contribution in [0.4, 0.5) is 11.4 Å². The van der Waals surface area contributed by atoms with Gasteiger partial charge in [-0.05, 0) is 47.5 Å². The highest BCUT2D eigenvalue weighted by molar-refractivity contribution is 5.89. The van der Waals surface area contributed by atoms with Crippen LogP contribution in [0.2, 0.25) is 0 Å². The number of carboxylic acid groups (broad SMARTS) is 1. The summed E-state index contributed by atoms with van der Waals surface area (Å²) < 4.78 is 0. The number of hydrogen-bond acceptors (Lipinski definition) is 4. The molecule has 0 aliphatic carbocycles. The van der Waals surface area contributed by atoms with E-state index in [0.29, 0.717) is 5.69 Å². The zero-order valence-electron chi connectivity index (χ0n) is 16.6. The lowest BCUT2D eigenvalue weighted by molar-refractivity contribution is 0.0695. The summed E-state index contributed by atoms with van der Waals surface area (Å²) in [7, 11) is 7.98. The monoisotopic (exact) mass is 375 g/mol. The Kier molecular flexibility index (Phi) is 5.64. The van der Waals surface area contributed by atoms with Crippen LogP contribution < -0.4 is 9.80 Å². The number of pyridine rings is 1. The summed E-state index contributed by atoms with van der Waals surface area (Å²) in [6.45, 7) is 0. The Morgan fingerprint density at radius 2 is 1.29 bits per heavy atom. The lowest BCUT2D eigenvalue weighted by Gasteiger charge is -2.22. The van der Waals surface area contributed by atoms with Gasteiger partial charge in [0.05, 0.1) is 17.2 Å². The van der Waals surface area contributed by atoms with E-state index in [1.54, 1.807) is 18.3 Å². The summed E-state index contributed by atoms with van der Waals surface area (Å²) in [6, 6.07) is 19.6. The average molecular weight is 375 g/mol. The molecular weight excluding hydrogens is 350 g/mol. The normalized spacial score (nSPS) is 10.8. The number of aromatic nitrogens is 1. The van der Waals surface area contributed by atoms with Crippen LogP contribution in [0.3, 0.4) is 0 Å². The van der Waals surface area contributed by atoms with E-state index in [0.717, 1.165) is 22.5 Å². The third-order valence-electron chi connectivity index (χ3n) is 4.83. The molecule has 3 rings (SSSR count). The van der Waals surface area contributed by atoms with Crippen molar-refractivity contribution in [2.45, 2.75) is 5.92 Å². The Bertz CT molecular complexity index is 897. The second-order valence-electron chi connectivity index (χ2n) is 7.15. The van der Waals surface area contributed by atoms with Crippen LogP contribution in [0.1, 0.15) is 33.1 Å². The van der Waals surface area contributed by atoms with Gasteiger partial charge in [-0.3, -0.25) is 4.98 Å². The fraction of sp³-hybridized carbons (Fsp3) is 0.217. The number of aromatic carboxylic acids is 1. The van der Waals surface area contributed by atoms with E-state index in [1.165, 1.54) is 0 Å². The smallest absolute Gasteiger partial charge is 0.337 e. The molecule has 0 saturated carbocycles. The fourth-order valence-corrected chi connectivity index (χ4v) is 3.27. The number of carboxylic acids is 1. The van der Waals surface area contributed by atoms with Gasteiger partial charge in [0.1, 0.15) is 0 Å². The molecule has 1 N–H and O–H groups in total. The van der Waals surface area contributed by atoms with Crippen LogP contribution >= 0.6 is 0 Å². The van der Waals surface area contributed by atoms with Crippen molar-refractivity contribution in [3.63, 3.8) is 0 Å². The lowest BCUT2D eigenvalue weighted by Crippen LogP contribution is -2.13. The SMILES string of the molecule is CN(C)c1ccc(C(c2ccc(N(C)C)cc2)c2ncccc2C(=O)O)cc1. The summed E-state index contributed by atoms with van der Waals surface area (Å²) in [5.41, 5.74) is 4.95. The molecule has 0 atom stereocenters. The summed E-state index contributed by atoms with van der Waals surface area (Å²) in [5, 5.41) is 9.69. The van der Waals surface area contributed by atoms with Gasteiger partial charge >= 0.3 is 5.97 Å². The molecule has 1 heterocycles. The van der Waals surface area contributed by atoms with Gasteiger partial charge < -0.3 is 14.9 Å². The number of anilines is 2. The van der Waals surface area contributed by atoms with Gasteiger partial charge in [0.15, 0.2) is 0 Å². The van der Waals surface area contributed by atoms with Crippen LogP contribution in [0.25, 0.3) is 0 Å². The van der Waals surface area contributed by atoms with Crippen LogP contribution in [0.5, 0.6) is 0 Å². The van der Waals surface area contributed by atoms with Gasteiger partial charge in [0.25, 0.3) is 0 Å². The van der Waals surface area contributed by atoms with Crippen molar-refractivity contribution in [2.75, 3.05) is 38.0 Å². The van der Waals surface area contributed by atoms with Crippen molar-refractivity contribution < 1.29 is 9.90 Å². The Balaban J connectivity index is 2.15. The van der Waals surface area contributed by atoms with Crippen molar-refractivity contribution in [1.82, 2.24) is 4.98 Å². The largest absolute Gasteiger partial charge is 0.478 e. The second-order valence-corrected chi connectivity index (χ2v) is 7.15. The molecule has 0 radical (unpaired) electrons. The number of rotatable bonds is 6. The molecule has 0 bridgehead atoms. The van der Waals surface area contributed by atoms with E-state index in [2.05, 4.69) is 4.98 Å². The third kappa shape index (κ3) is 3.98. The van der Waals surface area contributed by atoms with Crippen molar-refractivity contribution in [3.8, 4) is 0 Å². The van der Waals surface area contributed by atoms with Gasteiger partial charge in [-0.15, -0.1) is 0 Å². The first-order chi connectivity index (χ1) is 13.4. The molecular formula is C23H25N3O2. The molecule has 5 nitrogen and oxygen atoms in total.